The Bertz CT molecular complexity index is 519. The molecule has 0 saturated heterocycles. The van der Waals surface area contributed by atoms with Gasteiger partial charge in [0.2, 0.25) is 0 Å². The van der Waals surface area contributed by atoms with Crippen LogP contribution in [0.15, 0.2) is 24.3 Å². The average Bonchev–Trinajstić information content (AvgIpc) is 2.18. The van der Waals surface area contributed by atoms with Crippen LogP contribution in [0.1, 0.15) is 5.56 Å². The molecule has 0 aliphatic carbocycles. The number of rotatable bonds is 2. The van der Waals surface area contributed by atoms with Crippen LogP contribution in [0.5, 0.6) is 0 Å². The van der Waals surface area contributed by atoms with E-state index in [1.54, 1.807) is 6.07 Å². The molecule has 0 aliphatic heterocycles. The van der Waals surface area contributed by atoms with E-state index in [2.05, 4.69) is 4.25 Å². The van der Waals surface area contributed by atoms with Crippen LogP contribution in [-0.4, -0.2) is 8.42 Å². The van der Waals surface area contributed by atoms with Gasteiger partial charge in [-0.15, -0.1) is 8.42 Å². The van der Waals surface area contributed by atoms with Gasteiger partial charge in [-0.1, -0.05) is 53.0 Å². The molecule has 15 heavy (non-hydrogen) atoms. The van der Waals surface area contributed by atoms with Crippen molar-refractivity contribution in [1.29, 1.82) is 0 Å². The largest absolute Gasteiger partial charge is 0.476 e. The number of alkyl halides is 2. The van der Waals surface area contributed by atoms with E-state index < -0.39 is 13.7 Å². The van der Waals surface area contributed by atoms with Crippen LogP contribution < -0.4 is 0 Å². The standard InChI is InChI=1S/C8H4Cl3NO2S/c1-12-15(13,14)8(10,11)6-4-2-3-5-7(6)9/h2-5H. The molecule has 1 aromatic carbocycles. The summed E-state index contributed by atoms with van der Waals surface area (Å²) in [7, 11) is -4.34. The van der Waals surface area contributed by atoms with Crippen molar-refractivity contribution in [3.8, 4) is 0 Å². The molecule has 0 saturated carbocycles. The van der Waals surface area contributed by atoms with Crippen molar-refractivity contribution >= 4 is 44.8 Å². The van der Waals surface area contributed by atoms with E-state index in [0.29, 0.717) is 0 Å². The first-order valence-electron chi connectivity index (χ1n) is 3.59. The van der Waals surface area contributed by atoms with Crippen molar-refractivity contribution in [2.75, 3.05) is 0 Å². The Morgan fingerprint density at radius 1 is 1.27 bits per heavy atom. The monoisotopic (exact) mass is 283 g/mol. The Morgan fingerprint density at radius 2 is 1.80 bits per heavy atom. The molecule has 0 fully saturated rings. The first kappa shape index (κ1) is 12.6. The third-order valence-electron chi connectivity index (χ3n) is 1.63. The second-order valence-corrected chi connectivity index (χ2v) is 6.49. The van der Waals surface area contributed by atoms with E-state index >= 15 is 0 Å². The molecule has 80 valence electrons. The molecule has 0 N–H and O–H groups in total. The quantitative estimate of drug-likeness (QED) is 0.618. The van der Waals surface area contributed by atoms with Gasteiger partial charge in [0.15, 0.2) is 0 Å². The van der Waals surface area contributed by atoms with E-state index in [9.17, 15) is 8.42 Å². The van der Waals surface area contributed by atoms with Crippen LogP contribution in [0.25, 0.3) is 4.25 Å². The summed E-state index contributed by atoms with van der Waals surface area (Å²) in [4.78, 5) is 0. The number of sulfonamides is 1. The van der Waals surface area contributed by atoms with Crippen molar-refractivity contribution in [2.45, 2.75) is 3.67 Å². The summed E-state index contributed by atoms with van der Waals surface area (Å²) in [6.07, 6.45) is 0. The lowest BCUT2D eigenvalue weighted by Crippen LogP contribution is -2.21. The SMILES string of the molecule is [C-]#[N+]S(=O)(=O)C(Cl)(Cl)c1ccccc1Cl. The third-order valence-corrected chi connectivity index (χ3v) is 4.65. The van der Waals surface area contributed by atoms with Gasteiger partial charge in [0.25, 0.3) is 0 Å². The number of nitrogens with zero attached hydrogens (tertiary/aromatic N) is 1. The molecule has 0 atom stereocenters. The third kappa shape index (κ3) is 2.21. The van der Waals surface area contributed by atoms with Gasteiger partial charge in [-0.05, 0) is 6.07 Å². The lowest BCUT2D eigenvalue weighted by atomic mass is 10.2. The van der Waals surface area contributed by atoms with Crippen LogP contribution in [0.3, 0.4) is 0 Å². The molecule has 1 rings (SSSR count). The molecule has 7 heteroatoms. The van der Waals surface area contributed by atoms with Crippen molar-refractivity contribution in [2.24, 2.45) is 0 Å². The van der Waals surface area contributed by atoms with E-state index in [-0.39, 0.29) is 10.6 Å². The Labute approximate surface area is 102 Å². The summed E-state index contributed by atoms with van der Waals surface area (Å²) in [6.45, 7) is 6.51. The molecular weight excluding hydrogens is 281 g/mol. The van der Waals surface area contributed by atoms with E-state index in [0.717, 1.165) is 0 Å². The van der Waals surface area contributed by atoms with Crippen molar-refractivity contribution in [3.63, 3.8) is 0 Å². The van der Waals surface area contributed by atoms with E-state index in [1.165, 1.54) is 18.2 Å². The number of halogens is 3. The van der Waals surface area contributed by atoms with Crippen molar-refractivity contribution in [3.05, 3.63) is 45.7 Å². The molecule has 1 aromatic rings. The highest BCUT2D eigenvalue weighted by molar-refractivity contribution is 7.96. The zero-order valence-electron chi connectivity index (χ0n) is 7.12. The molecule has 0 spiro atoms. The van der Waals surface area contributed by atoms with Crippen molar-refractivity contribution in [1.82, 2.24) is 0 Å². The summed E-state index contributed by atoms with van der Waals surface area (Å²) < 4.78 is 22.7. The summed E-state index contributed by atoms with van der Waals surface area (Å²) in [6, 6.07) is 5.92. The topological polar surface area (TPSA) is 38.5 Å². The average molecular weight is 285 g/mol. The van der Waals surface area contributed by atoms with E-state index in [4.69, 9.17) is 41.4 Å². The summed E-state index contributed by atoms with van der Waals surface area (Å²) in [5, 5.41) is 0.0923. The highest BCUT2D eigenvalue weighted by Gasteiger charge is 2.49. The minimum Gasteiger partial charge on any atom is -0.206 e. The van der Waals surface area contributed by atoms with Crippen LogP contribution >= 0.6 is 34.8 Å². The number of hydrogen-bond acceptors (Lipinski definition) is 2. The smallest absolute Gasteiger partial charge is 0.206 e. The van der Waals surface area contributed by atoms with E-state index in [1.807, 2.05) is 0 Å². The minimum atomic E-state index is -4.34. The maximum atomic E-state index is 11.3. The zero-order chi connectivity index (χ0) is 11.7. The highest BCUT2D eigenvalue weighted by atomic mass is 35.5. The first-order valence-corrected chi connectivity index (χ1v) is 6.16. The Kier molecular flexibility index (Phi) is 3.51. The minimum absolute atomic E-state index is 0.0222. The van der Waals surface area contributed by atoms with Gasteiger partial charge in [-0.25, -0.2) is 6.57 Å². The Balaban J connectivity index is 3.44. The number of hydrogen-bond donors (Lipinski definition) is 0. The van der Waals surface area contributed by atoms with Crippen LogP contribution in [0.2, 0.25) is 5.02 Å². The predicted molar refractivity (Wildman–Crippen MR) is 60.4 cm³/mol. The lowest BCUT2D eigenvalue weighted by Gasteiger charge is -2.13. The molecule has 0 unspecified atom stereocenters. The molecular formula is C8H4Cl3NO2S. The molecule has 0 amide bonds. The predicted octanol–water partition coefficient (Wildman–Crippen LogP) is 3.18. The Hall–Kier alpha value is -0.470. The van der Waals surface area contributed by atoms with Gasteiger partial charge in [0, 0.05) is 10.6 Å². The molecule has 0 heterocycles. The Morgan fingerprint density at radius 3 is 2.27 bits per heavy atom. The lowest BCUT2D eigenvalue weighted by molar-refractivity contribution is 0.598. The van der Waals surface area contributed by atoms with Crippen molar-refractivity contribution < 1.29 is 8.42 Å². The van der Waals surface area contributed by atoms with Gasteiger partial charge < -0.3 is 0 Å². The van der Waals surface area contributed by atoms with Crippen LogP contribution in [0.4, 0.5) is 0 Å². The molecule has 0 radical (unpaired) electrons. The van der Waals surface area contributed by atoms with Gasteiger partial charge >= 0.3 is 13.7 Å². The van der Waals surface area contributed by atoms with Gasteiger partial charge in [-0.3, -0.25) is 0 Å². The number of benzene rings is 1. The maximum Gasteiger partial charge on any atom is 0.476 e. The summed E-state index contributed by atoms with van der Waals surface area (Å²) >= 11 is 17.0. The fraction of sp³-hybridized carbons (Fsp3) is 0.125. The molecule has 0 aliphatic rings. The van der Waals surface area contributed by atoms with Crippen LogP contribution in [0, 0.1) is 6.57 Å². The fourth-order valence-corrected chi connectivity index (χ4v) is 2.43. The van der Waals surface area contributed by atoms with Crippen LogP contribution in [-0.2, 0) is 13.7 Å². The van der Waals surface area contributed by atoms with Gasteiger partial charge in [0.1, 0.15) is 0 Å². The summed E-state index contributed by atoms with van der Waals surface area (Å²) in [5.41, 5.74) is -0.0222. The van der Waals surface area contributed by atoms with Gasteiger partial charge in [0.05, 0.1) is 0 Å². The normalized spacial score (nSPS) is 12.1. The maximum absolute atomic E-state index is 11.3. The fourth-order valence-electron chi connectivity index (χ4n) is 0.894. The molecule has 3 nitrogen and oxygen atoms in total. The summed E-state index contributed by atoms with van der Waals surface area (Å²) in [5.74, 6) is 0. The second kappa shape index (κ2) is 4.18. The van der Waals surface area contributed by atoms with Gasteiger partial charge in [-0.2, -0.15) is 4.25 Å². The zero-order valence-corrected chi connectivity index (χ0v) is 10.2. The highest BCUT2D eigenvalue weighted by Crippen LogP contribution is 2.43. The molecule has 0 aromatic heterocycles. The molecule has 0 bridgehead atoms. The second-order valence-electron chi connectivity index (χ2n) is 2.56. The first-order chi connectivity index (χ1) is 6.83.